The zero-order valence-corrected chi connectivity index (χ0v) is 18.1. The van der Waals surface area contributed by atoms with Gasteiger partial charge in [-0.3, -0.25) is 4.79 Å². The Morgan fingerprint density at radius 3 is 1.73 bits per heavy atom. The molecular formula is C31H23NO. The second-order valence-electron chi connectivity index (χ2n) is 7.86. The highest BCUT2D eigenvalue weighted by Crippen LogP contribution is 2.34. The van der Waals surface area contributed by atoms with E-state index in [0.29, 0.717) is 5.56 Å². The Morgan fingerprint density at radius 2 is 1.09 bits per heavy atom. The molecule has 0 aromatic heterocycles. The van der Waals surface area contributed by atoms with Crippen LogP contribution in [0.25, 0.3) is 16.8 Å². The van der Waals surface area contributed by atoms with Crippen molar-refractivity contribution in [2.75, 3.05) is 4.90 Å². The van der Waals surface area contributed by atoms with Crippen molar-refractivity contribution in [3.8, 4) is 0 Å². The maximum Gasteiger partial charge on any atom is 0.185 e. The lowest BCUT2D eigenvalue weighted by atomic mass is 10.0. The van der Waals surface area contributed by atoms with E-state index in [1.807, 2.05) is 91.0 Å². The lowest BCUT2D eigenvalue weighted by Crippen LogP contribution is -2.09. The summed E-state index contributed by atoms with van der Waals surface area (Å²) in [6.45, 7) is 0. The van der Waals surface area contributed by atoms with Gasteiger partial charge in [0.1, 0.15) is 0 Å². The third-order valence-electron chi connectivity index (χ3n) is 5.64. The fraction of sp³-hybridized carbons (Fsp3) is 0. The Morgan fingerprint density at radius 1 is 0.545 bits per heavy atom. The number of nitrogens with zero attached hydrogens (tertiary/aromatic N) is 1. The van der Waals surface area contributed by atoms with E-state index >= 15 is 0 Å². The van der Waals surface area contributed by atoms with Crippen LogP contribution >= 0.6 is 0 Å². The number of hydrogen-bond donors (Lipinski definition) is 0. The number of ketones is 1. The monoisotopic (exact) mass is 425 g/mol. The van der Waals surface area contributed by atoms with Gasteiger partial charge in [-0.1, -0.05) is 91.0 Å². The number of hydrogen-bond acceptors (Lipinski definition) is 2. The molecule has 5 aromatic rings. The van der Waals surface area contributed by atoms with E-state index in [4.69, 9.17) is 0 Å². The molecule has 5 aromatic carbocycles. The van der Waals surface area contributed by atoms with E-state index in [-0.39, 0.29) is 5.78 Å². The van der Waals surface area contributed by atoms with Crippen LogP contribution < -0.4 is 4.90 Å². The van der Waals surface area contributed by atoms with Crippen LogP contribution in [0, 0.1) is 0 Å². The van der Waals surface area contributed by atoms with Crippen molar-refractivity contribution in [1.82, 2.24) is 0 Å². The van der Waals surface area contributed by atoms with Gasteiger partial charge in [-0.15, -0.1) is 0 Å². The summed E-state index contributed by atoms with van der Waals surface area (Å²) in [6.07, 6.45) is 3.52. The van der Waals surface area contributed by atoms with Gasteiger partial charge >= 0.3 is 0 Å². The minimum Gasteiger partial charge on any atom is -0.311 e. The van der Waals surface area contributed by atoms with Crippen LogP contribution in [0.5, 0.6) is 0 Å². The van der Waals surface area contributed by atoms with E-state index in [1.54, 1.807) is 6.08 Å². The molecule has 0 atom stereocenters. The molecule has 0 fully saturated rings. The summed E-state index contributed by atoms with van der Waals surface area (Å²) < 4.78 is 0. The Kier molecular flexibility index (Phi) is 5.81. The number of allylic oxidation sites excluding steroid dienone is 1. The van der Waals surface area contributed by atoms with Crippen LogP contribution in [0.1, 0.15) is 15.9 Å². The molecule has 0 amide bonds. The molecule has 5 rings (SSSR count). The van der Waals surface area contributed by atoms with Crippen LogP contribution in [-0.2, 0) is 0 Å². The first-order valence-corrected chi connectivity index (χ1v) is 11.0. The molecular weight excluding hydrogens is 402 g/mol. The number of anilines is 3. The fourth-order valence-corrected chi connectivity index (χ4v) is 3.95. The van der Waals surface area contributed by atoms with E-state index in [2.05, 4.69) is 47.4 Å². The Hall–Kier alpha value is -4.43. The SMILES string of the molecule is O=C(/C=C/c1ccc(N(c2ccccc2)c2ccccc2)cc1)c1ccc2ccccc2c1. The summed E-state index contributed by atoms with van der Waals surface area (Å²) in [7, 11) is 0. The predicted molar refractivity (Wildman–Crippen MR) is 138 cm³/mol. The predicted octanol–water partition coefficient (Wildman–Crippen LogP) is 8.21. The number of carbonyl (C=O) groups is 1. The molecule has 0 unspecified atom stereocenters. The zero-order chi connectivity index (χ0) is 22.5. The van der Waals surface area contributed by atoms with Gasteiger partial charge in [0.05, 0.1) is 0 Å². The summed E-state index contributed by atoms with van der Waals surface area (Å²) in [5.41, 5.74) is 4.93. The molecule has 0 heterocycles. The topological polar surface area (TPSA) is 20.3 Å². The van der Waals surface area contributed by atoms with Crippen molar-refractivity contribution in [1.29, 1.82) is 0 Å². The highest BCUT2D eigenvalue weighted by atomic mass is 16.1. The standard InChI is InChI=1S/C31H23NO/c33-31(27-19-18-25-9-7-8-10-26(25)23-27)22-17-24-15-20-30(21-16-24)32(28-11-3-1-4-12-28)29-13-5-2-6-14-29/h1-23H/b22-17+. The van der Waals surface area contributed by atoms with Gasteiger partial charge < -0.3 is 4.90 Å². The first kappa shape index (κ1) is 20.5. The van der Waals surface area contributed by atoms with Gasteiger partial charge in [0.25, 0.3) is 0 Å². The third kappa shape index (κ3) is 4.60. The molecule has 0 bridgehead atoms. The molecule has 158 valence electrons. The number of fused-ring (bicyclic) bond motifs is 1. The number of carbonyl (C=O) groups excluding carboxylic acids is 1. The summed E-state index contributed by atoms with van der Waals surface area (Å²) in [4.78, 5) is 14.9. The second kappa shape index (κ2) is 9.37. The largest absolute Gasteiger partial charge is 0.311 e. The van der Waals surface area contributed by atoms with Gasteiger partial charge in [-0.25, -0.2) is 0 Å². The third-order valence-corrected chi connectivity index (χ3v) is 5.64. The molecule has 2 nitrogen and oxygen atoms in total. The lowest BCUT2D eigenvalue weighted by Gasteiger charge is -2.25. The lowest BCUT2D eigenvalue weighted by molar-refractivity contribution is 0.104. The molecule has 0 aliphatic rings. The van der Waals surface area contributed by atoms with Crippen LogP contribution in [0.3, 0.4) is 0 Å². The van der Waals surface area contributed by atoms with Crippen molar-refractivity contribution in [2.45, 2.75) is 0 Å². The van der Waals surface area contributed by atoms with E-state index < -0.39 is 0 Å². The summed E-state index contributed by atoms with van der Waals surface area (Å²) >= 11 is 0. The quantitative estimate of drug-likeness (QED) is 0.202. The summed E-state index contributed by atoms with van der Waals surface area (Å²) in [6, 6.07) is 42.8. The molecule has 0 saturated carbocycles. The maximum absolute atomic E-state index is 12.7. The molecule has 0 radical (unpaired) electrons. The minimum atomic E-state index is 0.0000252. The van der Waals surface area contributed by atoms with Crippen molar-refractivity contribution >= 4 is 39.7 Å². The van der Waals surface area contributed by atoms with Gasteiger partial charge in [0.2, 0.25) is 0 Å². The molecule has 0 N–H and O–H groups in total. The van der Waals surface area contributed by atoms with Crippen molar-refractivity contribution in [3.63, 3.8) is 0 Å². The maximum atomic E-state index is 12.7. The van der Waals surface area contributed by atoms with Crippen LogP contribution in [0.2, 0.25) is 0 Å². The Bertz CT molecular complexity index is 1360. The summed E-state index contributed by atoms with van der Waals surface area (Å²) in [5.74, 6) is 0.0000252. The molecule has 2 heteroatoms. The zero-order valence-electron chi connectivity index (χ0n) is 18.1. The highest BCUT2D eigenvalue weighted by molar-refractivity contribution is 6.08. The molecule has 0 spiro atoms. The number of benzene rings is 5. The molecule has 0 aliphatic heterocycles. The Labute approximate surface area is 194 Å². The van der Waals surface area contributed by atoms with Crippen LogP contribution in [0.4, 0.5) is 17.1 Å². The van der Waals surface area contributed by atoms with E-state index in [9.17, 15) is 4.79 Å². The van der Waals surface area contributed by atoms with Gasteiger partial charge in [-0.2, -0.15) is 0 Å². The van der Waals surface area contributed by atoms with Gasteiger partial charge in [-0.05, 0) is 64.9 Å². The van der Waals surface area contributed by atoms with Crippen molar-refractivity contribution in [2.24, 2.45) is 0 Å². The highest BCUT2D eigenvalue weighted by Gasteiger charge is 2.11. The first-order valence-electron chi connectivity index (χ1n) is 11.0. The average molecular weight is 426 g/mol. The molecule has 0 saturated heterocycles. The van der Waals surface area contributed by atoms with E-state index in [0.717, 1.165) is 33.4 Å². The summed E-state index contributed by atoms with van der Waals surface area (Å²) in [5, 5.41) is 2.21. The molecule has 0 aliphatic carbocycles. The van der Waals surface area contributed by atoms with Gasteiger partial charge in [0.15, 0.2) is 5.78 Å². The Balaban J connectivity index is 1.38. The second-order valence-corrected chi connectivity index (χ2v) is 7.86. The van der Waals surface area contributed by atoms with Crippen LogP contribution in [-0.4, -0.2) is 5.78 Å². The first-order chi connectivity index (χ1) is 16.3. The minimum absolute atomic E-state index is 0.0000252. The molecule has 33 heavy (non-hydrogen) atoms. The van der Waals surface area contributed by atoms with Crippen LogP contribution in [0.15, 0.2) is 133 Å². The fourth-order valence-electron chi connectivity index (χ4n) is 3.95. The average Bonchev–Trinajstić information content (AvgIpc) is 2.89. The number of para-hydroxylation sites is 2. The van der Waals surface area contributed by atoms with Crippen molar-refractivity contribution in [3.05, 3.63) is 145 Å². The van der Waals surface area contributed by atoms with Crippen molar-refractivity contribution < 1.29 is 4.79 Å². The van der Waals surface area contributed by atoms with E-state index in [1.165, 1.54) is 0 Å². The normalized spacial score (nSPS) is 11.0. The smallest absolute Gasteiger partial charge is 0.185 e. The number of rotatable bonds is 6. The van der Waals surface area contributed by atoms with Gasteiger partial charge in [0, 0.05) is 22.6 Å².